The van der Waals surface area contributed by atoms with Crippen LogP contribution in [0.25, 0.3) is 11.1 Å². The van der Waals surface area contributed by atoms with Gasteiger partial charge in [0.2, 0.25) is 5.91 Å². The highest BCUT2D eigenvalue weighted by atomic mass is 35.5. The van der Waals surface area contributed by atoms with Crippen LogP contribution in [-0.2, 0) is 16.6 Å². The monoisotopic (exact) mass is 724 g/mol. The van der Waals surface area contributed by atoms with Crippen molar-refractivity contribution in [2.75, 3.05) is 26.3 Å². The first kappa shape index (κ1) is 39.1. The van der Waals surface area contributed by atoms with Gasteiger partial charge in [0.1, 0.15) is 30.2 Å². The topological polar surface area (TPSA) is 164 Å². The molecule has 1 unspecified atom stereocenters. The minimum Gasteiger partial charge on any atom is -0.490 e. The highest BCUT2D eigenvalue weighted by Gasteiger charge is 2.45. The lowest BCUT2D eigenvalue weighted by molar-refractivity contribution is -0.140. The lowest BCUT2D eigenvalue weighted by Crippen LogP contribution is -2.50. The van der Waals surface area contributed by atoms with Gasteiger partial charge >= 0.3 is 0 Å². The van der Waals surface area contributed by atoms with Crippen LogP contribution in [0.5, 0.6) is 5.75 Å². The van der Waals surface area contributed by atoms with Gasteiger partial charge in [0.05, 0.1) is 12.7 Å². The first-order valence-electron chi connectivity index (χ1n) is 18.3. The van der Waals surface area contributed by atoms with Crippen molar-refractivity contribution >= 4 is 17.5 Å². The zero-order valence-corrected chi connectivity index (χ0v) is 30.2. The quantitative estimate of drug-likeness (QED) is 0.0927. The molecule has 0 aliphatic heterocycles. The summed E-state index contributed by atoms with van der Waals surface area (Å²) in [5.74, 6) is 0.839. The van der Waals surface area contributed by atoms with Crippen LogP contribution in [-0.4, -0.2) is 103 Å². The molecule has 5 atom stereocenters. The number of pyridine rings is 1. The second-order valence-corrected chi connectivity index (χ2v) is 14.8. The van der Waals surface area contributed by atoms with Crippen molar-refractivity contribution in [3.8, 4) is 16.9 Å². The number of hydrogen-bond donors (Lipinski definition) is 6. The van der Waals surface area contributed by atoms with Crippen LogP contribution < -0.4 is 4.74 Å². The highest BCUT2D eigenvalue weighted by Crippen LogP contribution is 2.55. The number of halogens is 1. The summed E-state index contributed by atoms with van der Waals surface area (Å²) in [5, 5.41) is 59.4. The van der Waals surface area contributed by atoms with E-state index in [-0.39, 0.29) is 49.8 Å². The Balaban J connectivity index is 1.18. The second-order valence-electron chi connectivity index (χ2n) is 14.4. The van der Waals surface area contributed by atoms with E-state index >= 15 is 0 Å². The molecule has 1 amide bonds. The summed E-state index contributed by atoms with van der Waals surface area (Å²) >= 11 is 6.75. The maximum atomic E-state index is 13.1. The Labute approximate surface area is 305 Å². The standard InChI is InChI=1S/C40H53ClN2O8/c1-26(6-4-9-37(48)43(20-5-21-44)24-34(46)38(49)39(50)35(47)25-45)27-10-13-33(41)28(22-27)14-16-40(17-18-40)32-23-42-19-15-30(32)31-7-2-3-8-36(31)51-29-11-12-29/h2-3,7-8,10,13,15,19,22-23,26,29,34-35,38-39,44-47,49-50H,4-6,9,11-12,14,16-18,20-21,24-25H2,1H3/t26?,34-,35+,38+,39+/m0/s1. The molecule has 0 saturated heterocycles. The summed E-state index contributed by atoms with van der Waals surface area (Å²) in [4.78, 5) is 19.0. The van der Waals surface area contributed by atoms with E-state index in [0.717, 1.165) is 72.4 Å². The zero-order valence-electron chi connectivity index (χ0n) is 29.4. The Bertz CT molecular complexity index is 1580. The molecule has 11 heteroatoms. The van der Waals surface area contributed by atoms with Gasteiger partial charge in [-0.05, 0) is 110 Å². The van der Waals surface area contributed by atoms with Gasteiger partial charge in [0.15, 0.2) is 0 Å². The van der Waals surface area contributed by atoms with Crippen molar-refractivity contribution in [1.82, 2.24) is 9.88 Å². The fourth-order valence-electron chi connectivity index (χ4n) is 6.84. The molecule has 51 heavy (non-hydrogen) atoms. The molecule has 6 N–H and O–H groups in total. The number of amides is 1. The Kier molecular flexibility index (Phi) is 13.9. The molecule has 1 heterocycles. The van der Waals surface area contributed by atoms with E-state index in [2.05, 4.69) is 42.2 Å². The minimum absolute atomic E-state index is 0.0316. The molecule has 2 aromatic carbocycles. The Morgan fingerprint density at radius 1 is 1.00 bits per heavy atom. The molecule has 10 nitrogen and oxygen atoms in total. The molecule has 0 bridgehead atoms. The van der Waals surface area contributed by atoms with Crippen LogP contribution in [0.2, 0.25) is 5.02 Å². The molecule has 3 aromatic rings. The molecule has 0 radical (unpaired) electrons. The SMILES string of the molecule is CC(CCCC(=O)N(CCCO)C[C@H](O)[C@@H](O)[C@H](O)[C@H](O)CO)c1ccc(Cl)c(CCC2(c3cnccc3-c3ccccc3OC3CC3)CC2)c1. The Morgan fingerprint density at radius 3 is 2.45 bits per heavy atom. The van der Waals surface area contributed by atoms with Crippen molar-refractivity contribution in [3.63, 3.8) is 0 Å². The lowest BCUT2D eigenvalue weighted by Gasteiger charge is -2.30. The summed E-state index contributed by atoms with van der Waals surface area (Å²) in [5.41, 5.74) is 5.83. The van der Waals surface area contributed by atoms with Crippen molar-refractivity contribution in [2.45, 2.75) is 113 Å². The van der Waals surface area contributed by atoms with Crippen molar-refractivity contribution in [1.29, 1.82) is 0 Å². The Hall–Kier alpha value is -3.09. The van der Waals surface area contributed by atoms with Crippen molar-refractivity contribution < 1.29 is 40.2 Å². The fourth-order valence-corrected chi connectivity index (χ4v) is 7.05. The summed E-state index contributed by atoms with van der Waals surface area (Å²) in [7, 11) is 0. The fraction of sp³-hybridized carbons (Fsp3) is 0.550. The number of aliphatic hydroxyl groups excluding tert-OH is 6. The summed E-state index contributed by atoms with van der Waals surface area (Å²) < 4.78 is 6.28. The van der Waals surface area contributed by atoms with Crippen LogP contribution >= 0.6 is 11.6 Å². The van der Waals surface area contributed by atoms with E-state index < -0.39 is 31.0 Å². The van der Waals surface area contributed by atoms with Gasteiger partial charge in [-0.2, -0.15) is 0 Å². The predicted molar refractivity (Wildman–Crippen MR) is 196 cm³/mol. The Morgan fingerprint density at radius 2 is 1.75 bits per heavy atom. The third kappa shape index (κ3) is 10.3. The molecular formula is C40H53ClN2O8. The van der Waals surface area contributed by atoms with Gasteiger partial charge in [0, 0.05) is 49.1 Å². The van der Waals surface area contributed by atoms with E-state index in [9.17, 15) is 30.3 Å². The largest absolute Gasteiger partial charge is 0.490 e. The third-order valence-corrected chi connectivity index (χ3v) is 10.8. The second kappa shape index (κ2) is 18.1. The van der Waals surface area contributed by atoms with Crippen molar-refractivity contribution in [3.05, 3.63) is 82.6 Å². The van der Waals surface area contributed by atoms with Gasteiger partial charge in [-0.25, -0.2) is 0 Å². The predicted octanol–water partition coefficient (Wildman–Crippen LogP) is 4.53. The van der Waals surface area contributed by atoms with E-state index in [1.807, 2.05) is 30.6 Å². The molecule has 2 saturated carbocycles. The number of rotatable bonds is 21. The van der Waals surface area contributed by atoms with E-state index in [1.54, 1.807) is 0 Å². The summed E-state index contributed by atoms with van der Waals surface area (Å²) in [6.07, 6.45) is 5.44. The van der Waals surface area contributed by atoms with Gasteiger partial charge in [-0.1, -0.05) is 48.9 Å². The highest BCUT2D eigenvalue weighted by molar-refractivity contribution is 6.31. The average Bonchev–Trinajstić information content (AvgIpc) is 4.09. The normalized spacial score (nSPS) is 18.0. The van der Waals surface area contributed by atoms with Crippen LogP contribution in [0.15, 0.2) is 60.9 Å². The number of hydrogen-bond acceptors (Lipinski definition) is 9. The number of para-hydroxylation sites is 1. The lowest BCUT2D eigenvalue weighted by atomic mass is 9.84. The molecule has 0 spiro atoms. The van der Waals surface area contributed by atoms with Crippen LogP contribution in [0, 0.1) is 0 Å². The molecule has 278 valence electrons. The number of nitrogens with zero attached hydrogens (tertiary/aromatic N) is 2. The molecule has 2 fully saturated rings. The smallest absolute Gasteiger partial charge is 0.222 e. The molecule has 5 rings (SSSR count). The van der Waals surface area contributed by atoms with Crippen LogP contribution in [0.4, 0.5) is 0 Å². The average molecular weight is 725 g/mol. The van der Waals surface area contributed by atoms with Crippen LogP contribution in [0.1, 0.15) is 87.3 Å². The summed E-state index contributed by atoms with van der Waals surface area (Å²) in [6.45, 7) is 1.06. The maximum absolute atomic E-state index is 13.1. The number of benzene rings is 2. The number of aliphatic hydroxyl groups is 6. The minimum atomic E-state index is -1.78. The van der Waals surface area contributed by atoms with E-state index in [1.165, 1.54) is 16.0 Å². The summed E-state index contributed by atoms with van der Waals surface area (Å²) in [6, 6.07) is 16.6. The van der Waals surface area contributed by atoms with E-state index in [0.29, 0.717) is 12.5 Å². The first-order chi connectivity index (χ1) is 24.6. The number of aryl methyl sites for hydroxylation is 1. The molecule has 1 aromatic heterocycles. The number of ether oxygens (including phenoxy) is 1. The van der Waals surface area contributed by atoms with E-state index in [4.69, 9.17) is 21.4 Å². The maximum Gasteiger partial charge on any atom is 0.222 e. The first-order valence-corrected chi connectivity index (χ1v) is 18.6. The van der Waals surface area contributed by atoms with Gasteiger partial charge < -0.3 is 40.3 Å². The van der Waals surface area contributed by atoms with Crippen molar-refractivity contribution in [2.24, 2.45) is 0 Å². The number of carbonyl (C=O) groups is 1. The van der Waals surface area contributed by atoms with Gasteiger partial charge in [-0.15, -0.1) is 0 Å². The van der Waals surface area contributed by atoms with Crippen LogP contribution in [0.3, 0.4) is 0 Å². The molecule has 2 aliphatic carbocycles. The molecule has 2 aliphatic rings. The third-order valence-electron chi connectivity index (χ3n) is 10.5. The van der Waals surface area contributed by atoms with Gasteiger partial charge in [0.25, 0.3) is 0 Å². The van der Waals surface area contributed by atoms with Gasteiger partial charge in [-0.3, -0.25) is 9.78 Å². The number of carbonyl (C=O) groups excluding carboxylic acids is 1. The zero-order chi connectivity index (χ0) is 36.5. The molecular weight excluding hydrogens is 672 g/mol. The number of aromatic nitrogens is 1.